The number of carbonyl (C=O) groups is 2. The summed E-state index contributed by atoms with van der Waals surface area (Å²) in [6, 6.07) is 0. The molecule has 1 unspecified atom stereocenters. The minimum Gasteiger partial charge on any atom is -0.335 e. The molecule has 0 N–H and O–H groups in total. The number of Topliss-reactive ketones (excluding diaryl/α,β-unsaturated/α-hetero) is 1. The molecule has 0 aromatic carbocycles. The van der Waals surface area contributed by atoms with E-state index in [1.807, 2.05) is 6.92 Å². The van der Waals surface area contributed by atoms with E-state index in [-0.39, 0.29) is 23.5 Å². The van der Waals surface area contributed by atoms with Gasteiger partial charge in [-0.05, 0) is 25.7 Å². The molecule has 0 spiro atoms. The highest BCUT2D eigenvalue weighted by Gasteiger charge is 2.33. The van der Waals surface area contributed by atoms with Crippen LogP contribution in [0.25, 0.3) is 0 Å². The van der Waals surface area contributed by atoms with Crippen molar-refractivity contribution in [2.24, 2.45) is 11.8 Å². The first-order valence-corrected chi connectivity index (χ1v) is 5.50. The van der Waals surface area contributed by atoms with E-state index < -0.39 is 0 Å². The summed E-state index contributed by atoms with van der Waals surface area (Å²) >= 11 is 0. The lowest BCUT2D eigenvalue weighted by Gasteiger charge is -2.30. The van der Waals surface area contributed by atoms with E-state index in [0.29, 0.717) is 6.54 Å². The quantitative estimate of drug-likeness (QED) is 0.679. The molecule has 1 saturated heterocycles. The molecule has 1 amide bonds. The molecule has 78 valence electrons. The van der Waals surface area contributed by atoms with E-state index in [2.05, 4.69) is 0 Å². The van der Waals surface area contributed by atoms with E-state index in [1.165, 1.54) is 0 Å². The lowest BCUT2D eigenvalue weighted by atomic mass is 9.99. The highest BCUT2D eigenvalue weighted by molar-refractivity contribution is 5.89. The van der Waals surface area contributed by atoms with Gasteiger partial charge in [0.2, 0.25) is 5.91 Å². The van der Waals surface area contributed by atoms with Crippen LogP contribution in [0.5, 0.6) is 0 Å². The summed E-state index contributed by atoms with van der Waals surface area (Å²) < 4.78 is 0. The van der Waals surface area contributed by atoms with Crippen LogP contribution in [0, 0.1) is 11.8 Å². The van der Waals surface area contributed by atoms with Gasteiger partial charge in [-0.15, -0.1) is 0 Å². The van der Waals surface area contributed by atoms with Crippen molar-refractivity contribution in [3.63, 3.8) is 0 Å². The Balaban J connectivity index is 1.89. The summed E-state index contributed by atoms with van der Waals surface area (Å²) in [5.41, 5.74) is 0. The van der Waals surface area contributed by atoms with Gasteiger partial charge >= 0.3 is 0 Å². The molecule has 14 heavy (non-hydrogen) atoms. The van der Waals surface area contributed by atoms with Crippen LogP contribution >= 0.6 is 0 Å². The molecule has 0 aromatic heterocycles. The Hall–Kier alpha value is -0.860. The van der Waals surface area contributed by atoms with E-state index in [9.17, 15) is 9.59 Å². The topological polar surface area (TPSA) is 37.4 Å². The average Bonchev–Trinajstić information content (AvgIpc) is 2.95. The molecule has 1 aliphatic heterocycles. The number of piperidine rings is 1. The van der Waals surface area contributed by atoms with Gasteiger partial charge in [0, 0.05) is 18.4 Å². The Kier molecular flexibility index (Phi) is 2.57. The molecule has 2 fully saturated rings. The third-order valence-corrected chi connectivity index (χ3v) is 3.18. The Bertz CT molecular complexity index is 258. The molecule has 0 bridgehead atoms. The number of ketones is 1. The fourth-order valence-corrected chi connectivity index (χ4v) is 2.01. The molecular weight excluding hydrogens is 178 g/mol. The van der Waals surface area contributed by atoms with Gasteiger partial charge in [-0.25, -0.2) is 0 Å². The molecule has 2 aliphatic rings. The van der Waals surface area contributed by atoms with Gasteiger partial charge in [-0.2, -0.15) is 0 Å². The van der Waals surface area contributed by atoms with E-state index >= 15 is 0 Å². The highest BCUT2D eigenvalue weighted by Crippen LogP contribution is 2.30. The van der Waals surface area contributed by atoms with Gasteiger partial charge in [-0.1, -0.05) is 6.92 Å². The molecular formula is C11H17NO2. The molecule has 3 heteroatoms. The number of carbonyl (C=O) groups excluding carboxylic acids is 2. The first-order valence-electron chi connectivity index (χ1n) is 5.50. The van der Waals surface area contributed by atoms with Gasteiger partial charge in [0.25, 0.3) is 0 Å². The van der Waals surface area contributed by atoms with Crippen molar-refractivity contribution in [2.45, 2.75) is 32.6 Å². The molecule has 1 atom stereocenters. The molecule has 0 aromatic rings. The Morgan fingerprint density at radius 1 is 1.43 bits per heavy atom. The van der Waals surface area contributed by atoms with Crippen LogP contribution in [0.4, 0.5) is 0 Å². The van der Waals surface area contributed by atoms with Gasteiger partial charge in [0.1, 0.15) is 0 Å². The minimum absolute atomic E-state index is 0.121. The zero-order valence-electron chi connectivity index (χ0n) is 8.66. The van der Waals surface area contributed by atoms with Crippen molar-refractivity contribution < 1.29 is 9.59 Å². The second-order valence-electron chi connectivity index (χ2n) is 4.54. The highest BCUT2D eigenvalue weighted by atomic mass is 16.2. The fourth-order valence-electron chi connectivity index (χ4n) is 2.01. The summed E-state index contributed by atoms with van der Waals surface area (Å²) in [6.07, 6.45) is 4.10. The summed E-state index contributed by atoms with van der Waals surface area (Å²) in [5, 5.41) is 0. The first kappa shape index (κ1) is 9.69. The van der Waals surface area contributed by atoms with Crippen LogP contribution in [-0.2, 0) is 9.59 Å². The van der Waals surface area contributed by atoms with Gasteiger partial charge < -0.3 is 4.90 Å². The molecule has 3 nitrogen and oxygen atoms in total. The maximum atomic E-state index is 11.7. The van der Waals surface area contributed by atoms with Crippen molar-refractivity contribution in [2.75, 3.05) is 13.1 Å². The molecule has 0 radical (unpaired) electrons. The maximum Gasteiger partial charge on any atom is 0.225 e. The number of rotatable bonds is 3. The largest absolute Gasteiger partial charge is 0.335 e. The summed E-state index contributed by atoms with van der Waals surface area (Å²) in [7, 11) is 0. The number of nitrogens with zero attached hydrogens (tertiary/aromatic N) is 1. The summed E-state index contributed by atoms with van der Waals surface area (Å²) in [6.45, 7) is 3.10. The predicted octanol–water partition coefficient (Wildman–Crippen LogP) is 1.22. The predicted molar refractivity (Wildman–Crippen MR) is 52.7 cm³/mol. The molecule has 1 heterocycles. The van der Waals surface area contributed by atoms with E-state index in [0.717, 1.165) is 32.2 Å². The number of hydrogen-bond acceptors (Lipinski definition) is 2. The van der Waals surface area contributed by atoms with Crippen LogP contribution in [0.3, 0.4) is 0 Å². The average molecular weight is 195 g/mol. The number of amides is 1. The van der Waals surface area contributed by atoms with Crippen molar-refractivity contribution in [3.05, 3.63) is 0 Å². The van der Waals surface area contributed by atoms with E-state index in [1.54, 1.807) is 4.90 Å². The van der Waals surface area contributed by atoms with Crippen molar-refractivity contribution in [1.82, 2.24) is 4.90 Å². The lowest BCUT2D eigenvalue weighted by molar-refractivity contribution is -0.141. The minimum atomic E-state index is 0.121. The Labute approximate surface area is 84.5 Å². The van der Waals surface area contributed by atoms with Crippen LogP contribution < -0.4 is 0 Å². The number of hydrogen-bond donors (Lipinski definition) is 0. The second kappa shape index (κ2) is 3.71. The summed E-state index contributed by atoms with van der Waals surface area (Å²) in [4.78, 5) is 25.0. The van der Waals surface area contributed by atoms with Crippen LogP contribution in [0.2, 0.25) is 0 Å². The van der Waals surface area contributed by atoms with Gasteiger partial charge in [0.15, 0.2) is 5.78 Å². The van der Waals surface area contributed by atoms with Crippen molar-refractivity contribution >= 4 is 11.7 Å². The van der Waals surface area contributed by atoms with Crippen LogP contribution in [0.15, 0.2) is 0 Å². The standard InChI is InChI=1S/C11H17NO2/c1-8-3-2-6-12(11(8)14)7-10(13)9-4-5-9/h8-9H,2-7H2,1H3. The van der Waals surface area contributed by atoms with Crippen molar-refractivity contribution in [3.8, 4) is 0 Å². The zero-order chi connectivity index (χ0) is 10.1. The maximum absolute atomic E-state index is 11.7. The normalized spacial score (nSPS) is 27.9. The van der Waals surface area contributed by atoms with E-state index in [4.69, 9.17) is 0 Å². The molecule has 1 saturated carbocycles. The molecule has 2 rings (SSSR count). The van der Waals surface area contributed by atoms with Crippen molar-refractivity contribution in [1.29, 1.82) is 0 Å². The third-order valence-electron chi connectivity index (χ3n) is 3.18. The first-order chi connectivity index (χ1) is 6.68. The number of likely N-dealkylation sites (tertiary alicyclic amines) is 1. The smallest absolute Gasteiger partial charge is 0.225 e. The Morgan fingerprint density at radius 2 is 2.14 bits per heavy atom. The lowest BCUT2D eigenvalue weighted by Crippen LogP contribution is -2.43. The van der Waals surface area contributed by atoms with Gasteiger partial charge in [-0.3, -0.25) is 9.59 Å². The third kappa shape index (κ3) is 1.97. The fraction of sp³-hybridized carbons (Fsp3) is 0.818. The van der Waals surface area contributed by atoms with Crippen LogP contribution in [-0.4, -0.2) is 29.7 Å². The SMILES string of the molecule is CC1CCCN(CC(=O)C2CC2)C1=O. The monoisotopic (exact) mass is 195 g/mol. The molecule has 1 aliphatic carbocycles. The van der Waals surface area contributed by atoms with Crippen LogP contribution in [0.1, 0.15) is 32.6 Å². The Morgan fingerprint density at radius 3 is 2.79 bits per heavy atom. The second-order valence-corrected chi connectivity index (χ2v) is 4.54. The zero-order valence-corrected chi connectivity index (χ0v) is 8.66. The summed E-state index contributed by atoms with van der Waals surface area (Å²) in [5.74, 6) is 0.841. The van der Waals surface area contributed by atoms with Gasteiger partial charge in [0.05, 0.1) is 6.54 Å².